The molecule has 18 heavy (non-hydrogen) atoms. The molecule has 2 rings (SSSR count). The van der Waals surface area contributed by atoms with Gasteiger partial charge in [-0.15, -0.1) is 0 Å². The van der Waals surface area contributed by atoms with Gasteiger partial charge in [0, 0.05) is 13.1 Å². The van der Waals surface area contributed by atoms with Gasteiger partial charge in [-0.3, -0.25) is 0 Å². The van der Waals surface area contributed by atoms with Gasteiger partial charge < -0.3 is 10.4 Å². The molecular weight excluding hydrogens is 222 g/mol. The van der Waals surface area contributed by atoms with Crippen molar-refractivity contribution in [1.29, 1.82) is 0 Å². The summed E-state index contributed by atoms with van der Waals surface area (Å²) in [4.78, 5) is 0. The molecule has 2 heteroatoms. The van der Waals surface area contributed by atoms with Crippen molar-refractivity contribution in [2.24, 2.45) is 0 Å². The molecule has 1 aromatic carbocycles. The molecule has 0 bridgehead atoms. The second kappa shape index (κ2) is 5.85. The number of nitrogens with one attached hydrogen (secondary N) is 1. The first-order valence-corrected chi connectivity index (χ1v) is 7.13. The fourth-order valence-corrected chi connectivity index (χ4v) is 2.58. The monoisotopic (exact) mass is 247 g/mol. The molecule has 0 aliphatic heterocycles. The Morgan fingerprint density at radius 1 is 1.33 bits per heavy atom. The number of benzene rings is 1. The van der Waals surface area contributed by atoms with Crippen molar-refractivity contribution in [2.45, 2.75) is 57.6 Å². The lowest BCUT2D eigenvalue weighted by molar-refractivity contribution is 0.0498. The maximum Gasteiger partial charge on any atom is 0.0743 e. The first-order valence-electron chi connectivity index (χ1n) is 7.13. The van der Waals surface area contributed by atoms with E-state index in [4.69, 9.17) is 0 Å². The molecule has 1 aromatic rings. The fourth-order valence-electron chi connectivity index (χ4n) is 2.58. The molecule has 0 radical (unpaired) electrons. The summed E-state index contributed by atoms with van der Waals surface area (Å²) in [6.45, 7) is 5.56. The van der Waals surface area contributed by atoms with Crippen LogP contribution in [0, 0.1) is 0 Å². The van der Waals surface area contributed by atoms with E-state index in [1.54, 1.807) is 0 Å². The third-order valence-electron chi connectivity index (χ3n) is 3.68. The highest BCUT2D eigenvalue weighted by Gasteiger charge is 2.25. The maximum absolute atomic E-state index is 10.1. The Morgan fingerprint density at radius 3 is 2.72 bits per heavy atom. The Hall–Kier alpha value is -0.860. The molecular formula is C16H25NO. The highest BCUT2D eigenvalue weighted by atomic mass is 16.3. The first-order chi connectivity index (χ1) is 8.62. The Morgan fingerprint density at radius 2 is 2.06 bits per heavy atom. The van der Waals surface area contributed by atoms with E-state index in [2.05, 4.69) is 36.5 Å². The van der Waals surface area contributed by atoms with Crippen molar-refractivity contribution in [3.8, 4) is 0 Å². The van der Waals surface area contributed by atoms with E-state index in [9.17, 15) is 5.11 Å². The van der Waals surface area contributed by atoms with Gasteiger partial charge in [-0.1, -0.05) is 37.6 Å². The molecule has 0 spiro atoms. The van der Waals surface area contributed by atoms with Crippen LogP contribution in [-0.2, 0) is 6.54 Å². The van der Waals surface area contributed by atoms with E-state index in [1.807, 2.05) is 6.92 Å². The summed E-state index contributed by atoms with van der Waals surface area (Å²) >= 11 is 0. The van der Waals surface area contributed by atoms with Crippen LogP contribution in [0.5, 0.6) is 0 Å². The smallest absolute Gasteiger partial charge is 0.0743 e. The number of rotatable bonds is 7. The van der Waals surface area contributed by atoms with E-state index >= 15 is 0 Å². The zero-order valence-corrected chi connectivity index (χ0v) is 11.6. The zero-order chi connectivity index (χ0) is 13.0. The van der Waals surface area contributed by atoms with Gasteiger partial charge in [0.25, 0.3) is 0 Å². The van der Waals surface area contributed by atoms with Gasteiger partial charge in [0.1, 0.15) is 0 Å². The average Bonchev–Trinajstić information content (AvgIpc) is 3.13. The van der Waals surface area contributed by atoms with Crippen LogP contribution >= 0.6 is 0 Å². The molecule has 100 valence electrons. The van der Waals surface area contributed by atoms with Crippen LogP contribution < -0.4 is 5.32 Å². The molecule has 1 fully saturated rings. The molecule has 1 saturated carbocycles. The molecule has 0 amide bonds. The van der Waals surface area contributed by atoms with E-state index in [1.165, 1.54) is 24.0 Å². The van der Waals surface area contributed by atoms with Crippen LogP contribution in [0.2, 0.25) is 0 Å². The summed E-state index contributed by atoms with van der Waals surface area (Å²) in [5.74, 6) is 0.791. The van der Waals surface area contributed by atoms with Crippen LogP contribution in [-0.4, -0.2) is 17.3 Å². The molecule has 2 nitrogen and oxygen atoms in total. The molecule has 0 heterocycles. The summed E-state index contributed by atoms with van der Waals surface area (Å²) in [6.07, 6.45) is 4.55. The summed E-state index contributed by atoms with van der Waals surface area (Å²) in [5, 5.41) is 13.5. The Labute approximate surface area is 110 Å². The predicted molar refractivity (Wildman–Crippen MR) is 75.7 cm³/mol. The highest BCUT2D eigenvalue weighted by Crippen LogP contribution is 2.41. The molecule has 1 atom stereocenters. The topological polar surface area (TPSA) is 32.3 Å². The van der Waals surface area contributed by atoms with Gasteiger partial charge in [0.05, 0.1) is 5.60 Å². The lowest BCUT2D eigenvalue weighted by Crippen LogP contribution is -2.37. The van der Waals surface area contributed by atoms with Crippen molar-refractivity contribution in [1.82, 2.24) is 5.32 Å². The van der Waals surface area contributed by atoms with Crippen molar-refractivity contribution < 1.29 is 5.11 Å². The molecule has 0 saturated heterocycles. The summed E-state index contributed by atoms with van der Waals surface area (Å²) < 4.78 is 0. The van der Waals surface area contributed by atoms with Gasteiger partial charge in [0.15, 0.2) is 0 Å². The lowest BCUT2D eigenvalue weighted by Gasteiger charge is -2.23. The summed E-state index contributed by atoms with van der Waals surface area (Å²) in [6, 6.07) is 8.69. The molecule has 0 aromatic heterocycles. The van der Waals surface area contributed by atoms with Crippen molar-refractivity contribution in [2.75, 3.05) is 6.54 Å². The van der Waals surface area contributed by atoms with Crippen LogP contribution in [0.25, 0.3) is 0 Å². The van der Waals surface area contributed by atoms with Gasteiger partial charge in [-0.05, 0) is 43.2 Å². The maximum atomic E-state index is 10.1. The number of hydrogen-bond acceptors (Lipinski definition) is 2. The quantitative estimate of drug-likeness (QED) is 0.775. The Balaban J connectivity index is 1.86. The average molecular weight is 247 g/mol. The first kappa shape index (κ1) is 13.6. The minimum Gasteiger partial charge on any atom is -0.389 e. The van der Waals surface area contributed by atoms with Crippen LogP contribution in [0.4, 0.5) is 0 Å². The standard InChI is InChI=1S/C16H25NO/c1-3-10-16(2,18)12-17-11-14-6-4-5-7-15(14)13-8-9-13/h4-7,13,17-18H,3,8-12H2,1-2H3. The SMILES string of the molecule is CCCC(C)(O)CNCc1ccccc1C1CC1. The molecule has 2 N–H and O–H groups in total. The third kappa shape index (κ3) is 3.82. The minimum absolute atomic E-state index is 0.580. The predicted octanol–water partition coefficient (Wildman–Crippen LogP) is 3.20. The molecule has 1 aliphatic carbocycles. The van der Waals surface area contributed by atoms with Crippen LogP contribution in [0.1, 0.15) is 56.6 Å². The second-order valence-corrected chi connectivity index (χ2v) is 5.82. The van der Waals surface area contributed by atoms with E-state index in [0.717, 1.165) is 25.3 Å². The largest absolute Gasteiger partial charge is 0.389 e. The van der Waals surface area contributed by atoms with Crippen LogP contribution in [0.15, 0.2) is 24.3 Å². The van der Waals surface area contributed by atoms with E-state index < -0.39 is 5.60 Å². The van der Waals surface area contributed by atoms with Crippen molar-refractivity contribution in [3.63, 3.8) is 0 Å². The van der Waals surface area contributed by atoms with Gasteiger partial charge in [0.2, 0.25) is 0 Å². The van der Waals surface area contributed by atoms with E-state index in [0.29, 0.717) is 6.54 Å². The van der Waals surface area contributed by atoms with Crippen molar-refractivity contribution >= 4 is 0 Å². The van der Waals surface area contributed by atoms with Gasteiger partial charge in [-0.2, -0.15) is 0 Å². The van der Waals surface area contributed by atoms with E-state index in [-0.39, 0.29) is 0 Å². The fraction of sp³-hybridized carbons (Fsp3) is 0.625. The summed E-state index contributed by atoms with van der Waals surface area (Å²) in [5.41, 5.74) is 2.32. The van der Waals surface area contributed by atoms with Gasteiger partial charge >= 0.3 is 0 Å². The second-order valence-electron chi connectivity index (χ2n) is 5.82. The highest BCUT2D eigenvalue weighted by molar-refractivity contribution is 5.33. The van der Waals surface area contributed by atoms with Crippen molar-refractivity contribution in [3.05, 3.63) is 35.4 Å². The normalized spacial score (nSPS) is 18.6. The zero-order valence-electron chi connectivity index (χ0n) is 11.6. The Bertz CT molecular complexity index is 382. The molecule has 1 unspecified atom stereocenters. The molecule has 1 aliphatic rings. The lowest BCUT2D eigenvalue weighted by atomic mass is 10.00. The third-order valence-corrected chi connectivity index (χ3v) is 3.68. The Kier molecular flexibility index (Phi) is 4.41. The van der Waals surface area contributed by atoms with Crippen LogP contribution in [0.3, 0.4) is 0 Å². The number of hydrogen-bond donors (Lipinski definition) is 2. The number of aliphatic hydroxyl groups is 1. The summed E-state index contributed by atoms with van der Waals surface area (Å²) in [7, 11) is 0. The van der Waals surface area contributed by atoms with Gasteiger partial charge in [-0.25, -0.2) is 0 Å². The minimum atomic E-state index is -0.580.